The Hall–Kier alpha value is -3.88. The van der Waals surface area contributed by atoms with Crippen molar-refractivity contribution in [2.45, 2.75) is 57.5 Å². The van der Waals surface area contributed by atoms with Gasteiger partial charge in [-0.05, 0) is 65.1 Å². The van der Waals surface area contributed by atoms with Crippen LogP contribution in [-0.4, -0.2) is 39.7 Å². The topological polar surface area (TPSA) is 111 Å². The van der Waals surface area contributed by atoms with E-state index in [0.29, 0.717) is 23.0 Å². The lowest BCUT2D eigenvalue weighted by molar-refractivity contribution is -0.111. The van der Waals surface area contributed by atoms with Crippen LogP contribution in [0.15, 0.2) is 48.5 Å². The van der Waals surface area contributed by atoms with E-state index in [1.165, 1.54) is 51.0 Å². The van der Waals surface area contributed by atoms with Crippen LogP contribution in [0.1, 0.15) is 68.9 Å². The van der Waals surface area contributed by atoms with E-state index in [0.717, 1.165) is 30.3 Å². The molecule has 0 spiro atoms. The first kappa shape index (κ1) is 24.8. The van der Waals surface area contributed by atoms with E-state index >= 15 is 0 Å². The van der Waals surface area contributed by atoms with Gasteiger partial charge < -0.3 is 19.5 Å². The first-order valence-electron chi connectivity index (χ1n) is 13.1. The third kappa shape index (κ3) is 6.87. The molecule has 37 heavy (non-hydrogen) atoms. The fourth-order valence-electron chi connectivity index (χ4n) is 4.85. The zero-order valence-electron chi connectivity index (χ0n) is 20.9. The molecule has 2 heterocycles. The summed E-state index contributed by atoms with van der Waals surface area (Å²) in [5.41, 5.74) is 1.42. The van der Waals surface area contributed by atoms with Crippen molar-refractivity contribution >= 4 is 17.7 Å². The SMILES string of the molecule is O=C(C=Cc1ccc(OCCCCC2CCCCC2)cc1)Nc1cccc2c1OC(c1nnn[nH]1)CO2. The molecule has 9 nitrogen and oxygen atoms in total. The number of ether oxygens (including phenoxy) is 3. The van der Waals surface area contributed by atoms with Gasteiger partial charge in [0.05, 0.1) is 12.3 Å². The van der Waals surface area contributed by atoms with Gasteiger partial charge in [-0.3, -0.25) is 4.79 Å². The summed E-state index contributed by atoms with van der Waals surface area (Å²) in [7, 11) is 0. The van der Waals surface area contributed by atoms with Gasteiger partial charge in [0.15, 0.2) is 23.4 Å². The summed E-state index contributed by atoms with van der Waals surface area (Å²) >= 11 is 0. The smallest absolute Gasteiger partial charge is 0.248 e. The lowest BCUT2D eigenvalue weighted by Gasteiger charge is -2.26. The molecule has 3 aromatic rings. The van der Waals surface area contributed by atoms with Gasteiger partial charge >= 0.3 is 0 Å². The molecule has 1 aliphatic heterocycles. The number of H-pyrrole nitrogens is 1. The van der Waals surface area contributed by atoms with E-state index in [1.807, 2.05) is 24.3 Å². The minimum atomic E-state index is -0.492. The van der Waals surface area contributed by atoms with Crippen LogP contribution >= 0.6 is 0 Å². The maximum Gasteiger partial charge on any atom is 0.248 e. The Kier molecular flexibility index (Phi) is 8.30. The predicted octanol–water partition coefficient (Wildman–Crippen LogP) is 5.49. The highest BCUT2D eigenvalue weighted by Crippen LogP contribution is 2.41. The molecule has 5 rings (SSSR count). The molecule has 2 N–H and O–H groups in total. The van der Waals surface area contributed by atoms with E-state index in [9.17, 15) is 4.79 Å². The maximum absolute atomic E-state index is 12.6. The molecule has 1 amide bonds. The monoisotopic (exact) mass is 503 g/mol. The van der Waals surface area contributed by atoms with Gasteiger partial charge in [0, 0.05) is 6.08 Å². The Morgan fingerprint density at radius 1 is 1.11 bits per heavy atom. The molecule has 1 aliphatic carbocycles. The Morgan fingerprint density at radius 2 is 1.97 bits per heavy atom. The molecule has 1 aromatic heterocycles. The van der Waals surface area contributed by atoms with Gasteiger partial charge in [0.1, 0.15) is 12.4 Å². The van der Waals surface area contributed by atoms with Gasteiger partial charge in [-0.1, -0.05) is 56.7 Å². The Labute approximate surface area is 216 Å². The molecule has 1 atom stereocenters. The van der Waals surface area contributed by atoms with Crippen molar-refractivity contribution in [3.8, 4) is 17.2 Å². The van der Waals surface area contributed by atoms with Gasteiger partial charge in [0.2, 0.25) is 5.91 Å². The molecule has 0 saturated heterocycles. The molecule has 1 saturated carbocycles. The molecule has 0 bridgehead atoms. The van der Waals surface area contributed by atoms with Crippen LogP contribution in [0.5, 0.6) is 17.2 Å². The zero-order valence-corrected chi connectivity index (χ0v) is 20.9. The second-order valence-corrected chi connectivity index (χ2v) is 9.58. The van der Waals surface area contributed by atoms with Crippen LogP contribution in [0.3, 0.4) is 0 Å². The van der Waals surface area contributed by atoms with Crippen LogP contribution in [0, 0.1) is 5.92 Å². The summed E-state index contributed by atoms with van der Waals surface area (Å²) in [5, 5.41) is 16.6. The highest BCUT2D eigenvalue weighted by Gasteiger charge is 2.27. The number of aromatic nitrogens is 4. The molecule has 0 radical (unpaired) electrons. The second-order valence-electron chi connectivity index (χ2n) is 9.58. The highest BCUT2D eigenvalue weighted by molar-refractivity contribution is 6.03. The van der Waals surface area contributed by atoms with Crippen LogP contribution in [0.2, 0.25) is 0 Å². The maximum atomic E-state index is 12.6. The first-order valence-corrected chi connectivity index (χ1v) is 13.1. The molecule has 9 heteroatoms. The molecule has 2 aliphatic rings. The van der Waals surface area contributed by atoms with Crippen LogP contribution in [0.4, 0.5) is 5.69 Å². The lowest BCUT2D eigenvalue weighted by atomic mass is 9.86. The third-order valence-electron chi connectivity index (χ3n) is 6.86. The number of nitrogens with zero attached hydrogens (tertiary/aromatic N) is 3. The number of carbonyl (C=O) groups is 1. The Balaban J connectivity index is 1.08. The number of nitrogens with one attached hydrogen (secondary N) is 2. The number of fused-ring (bicyclic) bond motifs is 1. The fraction of sp³-hybridized carbons (Fsp3) is 0.429. The van der Waals surface area contributed by atoms with Crippen molar-refractivity contribution in [1.82, 2.24) is 20.6 Å². The molecule has 2 aromatic carbocycles. The third-order valence-corrected chi connectivity index (χ3v) is 6.86. The number of para-hydroxylation sites is 1. The quantitative estimate of drug-likeness (QED) is 0.278. The van der Waals surface area contributed by atoms with Crippen molar-refractivity contribution in [2.24, 2.45) is 5.92 Å². The largest absolute Gasteiger partial charge is 0.494 e. The molecular formula is C28H33N5O4. The van der Waals surface area contributed by atoms with Crippen molar-refractivity contribution in [3.63, 3.8) is 0 Å². The predicted molar refractivity (Wildman–Crippen MR) is 140 cm³/mol. The zero-order chi connectivity index (χ0) is 25.3. The van der Waals surface area contributed by atoms with Crippen molar-refractivity contribution in [2.75, 3.05) is 18.5 Å². The summed E-state index contributed by atoms with van der Waals surface area (Å²) in [6.45, 7) is 1.01. The van der Waals surface area contributed by atoms with Gasteiger partial charge in [-0.15, -0.1) is 5.10 Å². The highest BCUT2D eigenvalue weighted by atomic mass is 16.6. The number of anilines is 1. The van der Waals surface area contributed by atoms with E-state index in [1.54, 1.807) is 24.3 Å². The van der Waals surface area contributed by atoms with E-state index in [-0.39, 0.29) is 12.5 Å². The molecular weight excluding hydrogens is 470 g/mol. The number of unbranched alkanes of at least 4 members (excludes halogenated alkanes) is 1. The number of benzene rings is 2. The summed E-state index contributed by atoms with van der Waals surface area (Å²) in [5.74, 6) is 2.95. The minimum Gasteiger partial charge on any atom is -0.494 e. The van der Waals surface area contributed by atoms with Crippen molar-refractivity contribution in [1.29, 1.82) is 0 Å². The average molecular weight is 504 g/mol. The first-order chi connectivity index (χ1) is 18.2. The summed E-state index contributed by atoms with van der Waals surface area (Å²) in [4.78, 5) is 12.6. The van der Waals surface area contributed by atoms with Crippen molar-refractivity contribution < 1.29 is 19.0 Å². The molecule has 194 valence electrons. The van der Waals surface area contributed by atoms with Gasteiger partial charge in [0.25, 0.3) is 0 Å². The van der Waals surface area contributed by atoms with E-state index in [4.69, 9.17) is 14.2 Å². The number of aromatic amines is 1. The number of hydrogen-bond donors (Lipinski definition) is 2. The lowest BCUT2D eigenvalue weighted by Crippen LogP contribution is -2.24. The van der Waals surface area contributed by atoms with E-state index in [2.05, 4.69) is 25.9 Å². The number of tetrazole rings is 1. The molecule has 1 unspecified atom stereocenters. The van der Waals surface area contributed by atoms with Gasteiger partial charge in [-0.25, -0.2) is 5.10 Å². The number of hydrogen-bond acceptors (Lipinski definition) is 7. The van der Waals surface area contributed by atoms with Gasteiger partial charge in [-0.2, -0.15) is 0 Å². The summed E-state index contributed by atoms with van der Waals surface area (Å²) < 4.78 is 17.7. The van der Waals surface area contributed by atoms with Crippen LogP contribution in [0.25, 0.3) is 6.08 Å². The van der Waals surface area contributed by atoms with Crippen LogP contribution in [-0.2, 0) is 4.79 Å². The summed E-state index contributed by atoms with van der Waals surface area (Å²) in [6, 6.07) is 13.1. The fourth-order valence-corrected chi connectivity index (χ4v) is 4.85. The molecule has 1 fully saturated rings. The number of rotatable bonds is 10. The number of amides is 1. The standard InChI is InChI=1S/C28H33N5O4/c34-26(29-23-10-6-11-24-27(23)37-25(19-36-24)28-30-32-33-31-28)17-14-21-12-15-22(16-13-21)35-18-5-4-9-20-7-2-1-3-8-20/h6,10-17,20,25H,1-5,7-9,18-19H2,(H,29,34)(H,30,31,32,33). The summed E-state index contributed by atoms with van der Waals surface area (Å²) in [6.07, 6.45) is 13.5. The second kappa shape index (κ2) is 12.4. The average Bonchev–Trinajstić information content (AvgIpc) is 3.48. The Morgan fingerprint density at radius 3 is 2.78 bits per heavy atom. The minimum absolute atomic E-state index is 0.265. The van der Waals surface area contributed by atoms with Crippen molar-refractivity contribution in [3.05, 3.63) is 59.9 Å². The Bertz CT molecular complexity index is 1170. The normalized spacial score (nSPS) is 17.6. The van der Waals surface area contributed by atoms with E-state index < -0.39 is 6.10 Å². The van der Waals surface area contributed by atoms with Crippen LogP contribution < -0.4 is 19.5 Å². The number of carbonyl (C=O) groups excluding carboxylic acids is 1.